The summed E-state index contributed by atoms with van der Waals surface area (Å²) in [6.07, 6.45) is 3.94. The molecule has 0 bridgehead atoms. The maximum atomic E-state index is 10.9. The van der Waals surface area contributed by atoms with E-state index in [-0.39, 0.29) is 0 Å². The minimum atomic E-state index is -0.410. The summed E-state index contributed by atoms with van der Waals surface area (Å²) in [5.41, 5.74) is 0.345. The highest BCUT2D eigenvalue weighted by Crippen LogP contribution is 2.06. The van der Waals surface area contributed by atoms with Crippen molar-refractivity contribution in [1.29, 1.82) is 0 Å². The minimum absolute atomic E-state index is 0.345. The molecule has 0 spiro atoms. The van der Waals surface area contributed by atoms with E-state index in [4.69, 9.17) is 0 Å². The van der Waals surface area contributed by atoms with Crippen LogP contribution in [0.5, 0.6) is 0 Å². The van der Waals surface area contributed by atoms with Crippen LogP contribution in [0.4, 0.5) is 0 Å². The van der Waals surface area contributed by atoms with E-state index in [1.165, 1.54) is 18.6 Å². The molecule has 0 unspecified atom stereocenters. The van der Waals surface area contributed by atoms with Gasteiger partial charge in [-0.15, -0.1) is 0 Å². The second kappa shape index (κ2) is 3.65. The highest BCUT2D eigenvalue weighted by Gasteiger charge is 2.10. The standard InChI is InChI=1S/C7H8O4/c1-2-9-7(8)6-3-4-10-11-5-6/h3-5H,2H2,1H3. The largest absolute Gasteiger partial charge is 0.462 e. The number of hydrogen-bond acceptors (Lipinski definition) is 4. The molecule has 0 radical (unpaired) electrons. The lowest BCUT2D eigenvalue weighted by molar-refractivity contribution is -0.200. The van der Waals surface area contributed by atoms with Gasteiger partial charge in [-0.1, -0.05) is 0 Å². The zero-order chi connectivity index (χ0) is 8.10. The maximum absolute atomic E-state index is 10.9. The third kappa shape index (κ3) is 2.00. The van der Waals surface area contributed by atoms with E-state index in [2.05, 4.69) is 14.5 Å². The Morgan fingerprint density at radius 3 is 3.00 bits per heavy atom. The zero-order valence-corrected chi connectivity index (χ0v) is 6.07. The van der Waals surface area contributed by atoms with E-state index in [0.29, 0.717) is 12.2 Å². The van der Waals surface area contributed by atoms with E-state index in [1.807, 2.05) is 0 Å². The fourth-order valence-electron chi connectivity index (χ4n) is 0.583. The van der Waals surface area contributed by atoms with E-state index in [9.17, 15) is 4.79 Å². The van der Waals surface area contributed by atoms with Crippen LogP contribution in [0, 0.1) is 0 Å². The van der Waals surface area contributed by atoms with Crippen molar-refractivity contribution in [3.63, 3.8) is 0 Å². The summed E-state index contributed by atoms with van der Waals surface area (Å²) in [5, 5.41) is 0. The molecule has 0 amide bonds. The molecule has 0 aliphatic carbocycles. The van der Waals surface area contributed by atoms with Crippen LogP contribution in [0.3, 0.4) is 0 Å². The molecule has 1 aliphatic rings. The molecular formula is C7H8O4. The topological polar surface area (TPSA) is 44.8 Å². The molecule has 0 saturated heterocycles. The first-order valence-electron chi connectivity index (χ1n) is 3.20. The zero-order valence-electron chi connectivity index (χ0n) is 6.07. The number of esters is 1. The van der Waals surface area contributed by atoms with Crippen LogP contribution in [0.1, 0.15) is 6.92 Å². The molecular weight excluding hydrogens is 148 g/mol. The summed E-state index contributed by atoms with van der Waals surface area (Å²) in [4.78, 5) is 19.7. The first kappa shape index (κ1) is 7.65. The second-order valence-electron chi connectivity index (χ2n) is 1.79. The summed E-state index contributed by atoms with van der Waals surface area (Å²) >= 11 is 0. The first-order chi connectivity index (χ1) is 5.34. The Balaban J connectivity index is 2.52. The number of ether oxygens (including phenoxy) is 1. The van der Waals surface area contributed by atoms with Crippen molar-refractivity contribution in [2.24, 2.45) is 0 Å². The van der Waals surface area contributed by atoms with Gasteiger partial charge in [0.2, 0.25) is 0 Å². The molecule has 4 nitrogen and oxygen atoms in total. The Morgan fingerprint density at radius 1 is 1.64 bits per heavy atom. The van der Waals surface area contributed by atoms with Crippen molar-refractivity contribution in [3.05, 3.63) is 24.2 Å². The fourth-order valence-corrected chi connectivity index (χ4v) is 0.583. The molecule has 1 rings (SSSR count). The molecule has 1 heterocycles. The van der Waals surface area contributed by atoms with Gasteiger partial charge in [-0.2, -0.15) is 0 Å². The number of carbonyl (C=O) groups excluding carboxylic acids is 1. The molecule has 0 aromatic heterocycles. The smallest absolute Gasteiger partial charge is 0.341 e. The molecule has 1 aliphatic heterocycles. The molecule has 0 fully saturated rings. The van der Waals surface area contributed by atoms with Crippen molar-refractivity contribution < 1.29 is 19.3 Å². The fraction of sp³-hybridized carbons (Fsp3) is 0.286. The van der Waals surface area contributed by atoms with Crippen LogP contribution in [0.2, 0.25) is 0 Å². The predicted octanol–water partition coefficient (Wildman–Crippen LogP) is 0.909. The lowest BCUT2D eigenvalue weighted by Crippen LogP contribution is -2.08. The Bertz CT molecular complexity index is 204. The molecule has 4 heteroatoms. The molecule has 0 saturated carbocycles. The van der Waals surface area contributed by atoms with E-state index < -0.39 is 5.97 Å². The SMILES string of the molecule is CCOC(=O)C1=COOC=C1. The Hall–Kier alpha value is -1.45. The lowest BCUT2D eigenvalue weighted by Gasteiger charge is -2.05. The van der Waals surface area contributed by atoms with Gasteiger partial charge < -0.3 is 4.74 Å². The summed E-state index contributed by atoms with van der Waals surface area (Å²) in [6.45, 7) is 2.09. The van der Waals surface area contributed by atoms with Crippen LogP contribution in [-0.2, 0) is 19.3 Å². The van der Waals surface area contributed by atoms with Gasteiger partial charge >= 0.3 is 5.97 Å². The van der Waals surface area contributed by atoms with Crippen molar-refractivity contribution in [2.45, 2.75) is 6.92 Å². The third-order valence-corrected chi connectivity index (χ3v) is 1.04. The Morgan fingerprint density at radius 2 is 2.45 bits per heavy atom. The van der Waals surface area contributed by atoms with Crippen LogP contribution in [0.15, 0.2) is 24.2 Å². The average Bonchev–Trinajstić information content (AvgIpc) is 2.07. The predicted molar refractivity (Wildman–Crippen MR) is 36.0 cm³/mol. The summed E-state index contributed by atoms with van der Waals surface area (Å²) in [5.74, 6) is -0.410. The Kier molecular flexibility index (Phi) is 2.54. The van der Waals surface area contributed by atoms with Gasteiger partial charge in [0.25, 0.3) is 0 Å². The molecule has 11 heavy (non-hydrogen) atoms. The van der Waals surface area contributed by atoms with E-state index >= 15 is 0 Å². The van der Waals surface area contributed by atoms with Crippen molar-refractivity contribution >= 4 is 5.97 Å². The molecule has 0 atom stereocenters. The molecule has 0 aromatic rings. The van der Waals surface area contributed by atoms with Crippen molar-refractivity contribution in [1.82, 2.24) is 0 Å². The van der Waals surface area contributed by atoms with Gasteiger partial charge in [0.1, 0.15) is 11.8 Å². The van der Waals surface area contributed by atoms with Crippen LogP contribution in [-0.4, -0.2) is 12.6 Å². The van der Waals surface area contributed by atoms with Crippen LogP contribution in [0.25, 0.3) is 0 Å². The van der Waals surface area contributed by atoms with Gasteiger partial charge in [-0.05, 0) is 13.0 Å². The number of rotatable bonds is 2. The van der Waals surface area contributed by atoms with Gasteiger partial charge in [-0.3, -0.25) is 9.78 Å². The number of carbonyl (C=O) groups is 1. The van der Waals surface area contributed by atoms with Crippen molar-refractivity contribution in [2.75, 3.05) is 6.61 Å². The Labute approximate surface area is 64.0 Å². The summed E-state index contributed by atoms with van der Waals surface area (Å²) in [7, 11) is 0. The third-order valence-electron chi connectivity index (χ3n) is 1.04. The van der Waals surface area contributed by atoms with E-state index in [1.54, 1.807) is 6.92 Å². The number of hydrogen-bond donors (Lipinski definition) is 0. The quantitative estimate of drug-likeness (QED) is 0.440. The van der Waals surface area contributed by atoms with Gasteiger partial charge in [0, 0.05) is 0 Å². The molecule has 60 valence electrons. The highest BCUT2D eigenvalue weighted by atomic mass is 17.2. The first-order valence-corrected chi connectivity index (χ1v) is 3.20. The van der Waals surface area contributed by atoms with Crippen molar-refractivity contribution in [3.8, 4) is 0 Å². The van der Waals surface area contributed by atoms with Gasteiger partial charge in [0.15, 0.2) is 6.26 Å². The second-order valence-corrected chi connectivity index (χ2v) is 1.79. The minimum Gasteiger partial charge on any atom is -0.462 e. The van der Waals surface area contributed by atoms with Gasteiger partial charge in [-0.25, -0.2) is 4.79 Å². The van der Waals surface area contributed by atoms with Crippen LogP contribution >= 0.6 is 0 Å². The normalized spacial score (nSPS) is 14.5. The maximum Gasteiger partial charge on any atom is 0.341 e. The summed E-state index contributed by atoms with van der Waals surface area (Å²) < 4.78 is 4.69. The van der Waals surface area contributed by atoms with E-state index in [0.717, 1.165) is 0 Å². The average molecular weight is 156 g/mol. The lowest BCUT2D eigenvalue weighted by atomic mass is 10.3. The molecule has 0 N–H and O–H groups in total. The monoisotopic (exact) mass is 156 g/mol. The molecule has 0 aromatic carbocycles. The summed E-state index contributed by atoms with van der Waals surface area (Å²) in [6, 6.07) is 0. The van der Waals surface area contributed by atoms with Crippen LogP contribution < -0.4 is 0 Å². The highest BCUT2D eigenvalue weighted by molar-refractivity contribution is 5.91. The van der Waals surface area contributed by atoms with Gasteiger partial charge in [0.05, 0.1) is 6.61 Å².